The molecule has 2 aliphatic heterocycles. The summed E-state index contributed by atoms with van der Waals surface area (Å²) < 4.78 is 0. The average Bonchev–Trinajstić information content (AvgIpc) is 3.05. The minimum absolute atomic E-state index is 0.0433. The molecule has 4 rings (SSSR count). The van der Waals surface area contributed by atoms with E-state index in [1.54, 1.807) is 18.7 Å². The number of hydrogen-bond acceptors (Lipinski definition) is 6. The van der Waals surface area contributed by atoms with E-state index < -0.39 is 18.0 Å². The lowest BCUT2D eigenvalue weighted by molar-refractivity contribution is -0.163. The standard InChI is InChI=1S/C19H29N3O4S/c1-8-15-14(9(2)23)18(24)22(15)16(19(25)26)17(8)27-13-6-12(7-13)21-11-4-3-10(20)5-11/h8-15,21,23H,3-7,20H2,1-2H3,(H,25,26)/t8-,9-,10-,11-,12-,13-,14-,15-/m1/s1. The number of hydrogen-bond donors (Lipinski definition) is 4. The maximum Gasteiger partial charge on any atom is 0.353 e. The molecule has 0 radical (unpaired) electrons. The van der Waals surface area contributed by atoms with Crippen LogP contribution in [0.2, 0.25) is 0 Å². The number of fused-ring (bicyclic) bond motifs is 1. The first-order valence-corrected chi connectivity index (χ1v) is 10.8. The summed E-state index contributed by atoms with van der Waals surface area (Å²) in [5, 5.41) is 23.7. The third-order valence-electron chi connectivity index (χ3n) is 6.64. The van der Waals surface area contributed by atoms with Gasteiger partial charge < -0.3 is 26.2 Å². The number of rotatable bonds is 6. The highest BCUT2D eigenvalue weighted by molar-refractivity contribution is 8.03. The number of aliphatic carboxylic acids is 1. The summed E-state index contributed by atoms with van der Waals surface area (Å²) in [6.07, 6.45) is 4.54. The van der Waals surface area contributed by atoms with Crippen molar-refractivity contribution < 1.29 is 19.8 Å². The molecule has 6 atom stereocenters. The topological polar surface area (TPSA) is 116 Å². The van der Waals surface area contributed by atoms with Gasteiger partial charge in [0.15, 0.2) is 0 Å². The van der Waals surface area contributed by atoms with E-state index in [4.69, 9.17) is 5.73 Å². The zero-order valence-corrected chi connectivity index (χ0v) is 16.6. The normalized spacial score (nSPS) is 42.0. The molecule has 4 aliphatic rings. The van der Waals surface area contributed by atoms with Gasteiger partial charge in [-0.3, -0.25) is 4.79 Å². The van der Waals surface area contributed by atoms with E-state index >= 15 is 0 Å². The molecule has 2 aliphatic carbocycles. The fourth-order valence-electron chi connectivity index (χ4n) is 5.16. The van der Waals surface area contributed by atoms with E-state index in [1.807, 2.05) is 6.92 Å². The Bertz CT molecular complexity index is 676. The zero-order valence-electron chi connectivity index (χ0n) is 15.8. The minimum atomic E-state index is -1.04. The summed E-state index contributed by atoms with van der Waals surface area (Å²) in [5.74, 6) is -1.84. The quantitative estimate of drug-likeness (QED) is 0.493. The number of carboxylic acids is 1. The Balaban J connectivity index is 1.39. The Morgan fingerprint density at radius 1 is 1.30 bits per heavy atom. The van der Waals surface area contributed by atoms with Crippen molar-refractivity contribution in [1.29, 1.82) is 0 Å². The van der Waals surface area contributed by atoms with Crippen LogP contribution in [0, 0.1) is 11.8 Å². The van der Waals surface area contributed by atoms with E-state index in [1.165, 1.54) is 4.90 Å². The lowest BCUT2D eigenvalue weighted by Crippen LogP contribution is -2.63. The Hall–Kier alpha value is -1.09. The van der Waals surface area contributed by atoms with E-state index in [-0.39, 0.29) is 23.6 Å². The lowest BCUT2D eigenvalue weighted by atomic mass is 9.79. The molecule has 0 unspecified atom stereocenters. The number of carboxylic acid groups (broad SMARTS) is 1. The van der Waals surface area contributed by atoms with Crippen LogP contribution in [-0.4, -0.2) is 62.5 Å². The number of nitrogens with one attached hydrogen (secondary N) is 1. The summed E-state index contributed by atoms with van der Waals surface area (Å²) >= 11 is 1.62. The van der Waals surface area contributed by atoms with Gasteiger partial charge in [0, 0.05) is 34.2 Å². The molecule has 150 valence electrons. The molecule has 0 aromatic heterocycles. The van der Waals surface area contributed by atoms with Gasteiger partial charge in [-0.1, -0.05) is 6.92 Å². The number of nitrogens with zero attached hydrogens (tertiary/aromatic N) is 1. The fourth-order valence-corrected chi connectivity index (χ4v) is 6.82. The van der Waals surface area contributed by atoms with Crippen molar-refractivity contribution in [2.75, 3.05) is 0 Å². The molecule has 27 heavy (non-hydrogen) atoms. The molecule has 7 nitrogen and oxygen atoms in total. The Morgan fingerprint density at radius 2 is 2.00 bits per heavy atom. The third kappa shape index (κ3) is 3.20. The number of aliphatic hydroxyl groups excluding tert-OH is 1. The highest BCUT2D eigenvalue weighted by Gasteiger charge is 2.60. The Kier molecular flexibility index (Phi) is 5.03. The maximum absolute atomic E-state index is 12.4. The van der Waals surface area contributed by atoms with Crippen LogP contribution < -0.4 is 11.1 Å². The zero-order chi connectivity index (χ0) is 19.5. The molecular weight excluding hydrogens is 366 g/mol. The van der Waals surface area contributed by atoms with E-state index in [0.29, 0.717) is 23.4 Å². The highest BCUT2D eigenvalue weighted by atomic mass is 32.2. The predicted octanol–water partition coefficient (Wildman–Crippen LogP) is 0.874. The Labute approximate surface area is 163 Å². The third-order valence-corrected chi connectivity index (χ3v) is 8.18. The summed E-state index contributed by atoms with van der Waals surface area (Å²) in [6, 6.07) is 1.09. The van der Waals surface area contributed by atoms with Gasteiger partial charge in [-0.15, -0.1) is 11.8 Å². The number of nitrogens with two attached hydrogens (primary N) is 1. The van der Waals surface area contributed by atoms with Gasteiger partial charge >= 0.3 is 5.97 Å². The monoisotopic (exact) mass is 395 g/mol. The Morgan fingerprint density at radius 3 is 2.56 bits per heavy atom. The number of amides is 1. The van der Waals surface area contributed by atoms with Gasteiger partial charge in [0.25, 0.3) is 0 Å². The second-order valence-corrected chi connectivity index (χ2v) is 9.96. The second kappa shape index (κ2) is 7.06. The molecule has 0 aromatic carbocycles. The summed E-state index contributed by atoms with van der Waals surface area (Å²) in [4.78, 5) is 26.4. The van der Waals surface area contributed by atoms with Gasteiger partial charge in [0.1, 0.15) is 5.70 Å². The van der Waals surface area contributed by atoms with Crippen molar-refractivity contribution >= 4 is 23.6 Å². The molecule has 0 aromatic rings. The second-order valence-electron chi connectivity index (χ2n) is 8.62. The van der Waals surface area contributed by atoms with E-state index in [2.05, 4.69) is 5.32 Å². The van der Waals surface area contributed by atoms with Crippen molar-refractivity contribution in [3.63, 3.8) is 0 Å². The van der Waals surface area contributed by atoms with Crippen molar-refractivity contribution in [2.45, 2.75) is 81.5 Å². The van der Waals surface area contributed by atoms with Crippen LogP contribution in [0.1, 0.15) is 46.0 Å². The van der Waals surface area contributed by atoms with Gasteiger partial charge in [-0.05, 0) is 39.0 Å². The van der Waals surface area contributed by atoms with Crippen molar-refractivity contribution in [1.82, 2.24) is 10.2 Å². The number of carbonyl (C=O) groups is 2. The average molecular weight is 396 g/mol. The molecule has 1 saturated heterocycles. The van der Waals surface area contributed by atoms with Crippen LogP contribution in [0.5, 0.6) is 0 Å². The van der Waals surface area contributed by atoms with Crippen molar-refractivity contribution in [2.24, 2.45) is 17.6 Å². The molecule has 8 heteroatoms. The van der Waals surface area contributed by atoms with Crippen molar-refractivity contribution in [3.05, 3.63) is 10.6 Å². The number of carbonyl (C=O) groups excluding carboxylic acids is 1. The number of aliphatic hydroxyl groups is 1. The van der Waals surface area contributed by atoms with Crippen LogP contribution in [0.4, 0.5) is 0 Å². The van der Waals surface area contributed by atoms with Crippen molar-refractivity contribution in [3.8, 4) is 0 Å². The molecule has 5 N–H and O–H groups in total. The maximum atomic E-state index is 12.4. The van der Waals surface area contributed by atoms with Gasteiger partial charge in [-0.2, -0.15) is 0 Å². The van der Waals surface area contributed by atoms with E-state index in [9.17, 15) is 19.8 Å². The molecule has 0 bridgehead atoms. The van der Waals surface area contributed by atoms with Gasteiger partial charge in [0.05, 0.1) is 18.1 Å². The first-order chi connectivity index (χ1) is 12.8. The minimum Gasteiger partial charge on any atom is -0.477 e. The molecule has 1 amide bonds. The largest absolute Gasteiger partial charge is 0.477 e. The molecular formula is C19H29N3O4S. The number of thioether (sulfide) groups is 1. The van der Waals surface area contributed by atoms with Crippen LogP contribution in [0.25, 0.3) is 0 Å². The molecule has 0 spiro atoms. The van der Waals surface area contributed by atoms with Crippen LogP contribution in [0.15, 0.2) is 10.6 Å². The van der Waals surface area contributed by atoms with Crippen LogP contribution in [0.3, 0.4) is 0 Å². The summed E-state index contributed by atoms with van der Waals surface area (Å²) in [6.45, 7) is 3.58. The lowest BCUT2D eigenvalue weighted by Gasteiger charge is -2.46. The summed E-state index contributed by atoms with van der Waals surface area (Å²) in [5.41, 5.74) is 6.11. The molecule has 2 heterocycles. The predicted molar refractivity (Wildman–Crippen MR) is 103 cm³/mol. The SMILES string of the molecule is C[C@@H](O)[C@H]1C(=O)N2C(C(=O)O)=C(S[C@H]3C[C@H](N[C@@H]4CC[C@@H](N)C4)C3)[C@H](C)[C@H]12. The molecule has 3 fully saturated rings. The fraction of sp³-hybridized carbons (Fsp3) is 0.789. The van der Waals surface area contributed by atoms with Crippen LogP contribution in [-0.2, 0) is 9.59 Å². The number of β-lactam (4-membered cyclic amide) rings is 1. The van der Waals surface area contributed by atoms with E-state index in [0.717, 1.165) is 37.0 Å². The molecule has 2 saturated carbocycles. The first kappa shape index (κ1) is 19.2. The highest BCUT2D eigenvalue weighted by Crippen LogP contribution is 2.53. The summed E-state index contributed by atoms with van der Waals surface area (Å²) in [7, 11) is 0. The van der Waals surface area contributed by atoms with Crippen LogP contribution >= 0.6 is 11.8 Å². The first-order valence-electron chi connectivity index (χ1n) is 9.94. The van der Waals surface area contributed by atoms with Gasteiger partial charge in [-0.25, -0.2) is 4.79 Å². The van der Waals surface area contributed by atoms with Gasteiger partial charge in [0.2, 0.25) is 5.91 Å². The smallest absolute Gasteiger partial charge is 0.353 e.